The fourth-order valence-electron chi connectivity index (χ4n) is 4.23. The average molecular weight is 566 g/mol. The molecule has 1 N–H and O–H groups in total. The Morgan fingerprint density at radius 2 is 1.50 bits per heavy atom. The molecule has 0 saturated carbocycles. The average Bonchev–Trinajstić information content (AvgIpc) is 3.26. The van der Waals surface area contributed by atoms with Gasteiger partial charge in [0.05, 0.1) is 10.4 Å². The van der Waals surface area contributed by atoms with E-state index in [9.17, 15) is 18.3 Å². The number of fused-ring (bicyclic) bond motifs is 1. The lowest BCUT2D eigenvalue weighted by Crippen LogP contribution is -2.11. The van der Waals surface area contributed by atoms with Crippen LogP contribution in [0.5, 0.6) is 11.5 Å². The van der Waals surface area contributed by atoms with Crippen molar-refractivity contribution in [3.63, 3.8) is 0 Å². The van der Waals surface area contributed by atoms with Gasteiger partial charge in [-0.2, -0.15) is 0 Å². The van der Waals surface area contributed by atoms with E-state index in [0.717, 1.165) is 11.1 Å². The van der Waals surface area contributed by atoms with E-state index in [-0.39, 0.29) is 17.7 Å². The zero-order valence-electron chi connectivity index (χ0n) is 19.8. The highest BCUT2D eigenvalue weighted by Gasteiger charge is 2.22. The van der Waals surface area contributed by atoms with Gasteiger partial charge < -0.3 is 9.84 Å². The highest BCUT2D eigenvalue weighted by atomic mass is 35.5. The molecule has 6 nitrogen and oxygen atoms in total. The molecule has 5 rings (SSSR count). The Morgan fingerprint density at radius 3 is 2.16 bits per heavy atom. The van der Waals surface area contributed by atoms with Crippen LogP contribution in [0.25, 0.3) is 22.0 Å². The molecule has 0 spiro atoms. The lowest BCUT2D eigenvalue weighted by atomic mass is 10.0. The second kappa shape index (κ2) is 10.5. The van der Waals surface area contributed by atoms with Crippen molar-refractivity contribution in [3.05, 3.63) is 113 Å². The van der Waals surface area contributed by atoms with Gasteiger partial charge in [0, 0.05) is 28.0 Å². The number of carboxylic acids is 1. The quantitative estimate of drug-likeness (QED) is 0.208. The molecule has 192 valence electrons. The standard InChI is InChI=1S/C29H21Cl2NO5S/c30-22-15-23(31)17-25(16-22)37-24-8-10-26(11-9-24)38(35,36)32-18-21(7-13-29(33)34)27-14-20(6-12-28(27)32)19-4-2-1-3-5-19/h1-6,8-12,14-18H,7,13H2,(H,33,34). The van der Waals surface area contributed by atoms with E-state index in [1.807, 2.05) is 42.5 Å². The first-order valence-electron chi connectivity index (χ1n) is 11.6. The zero-order valence-corrected chi connectivity index (χ0v) is 22.2. The number of ether oxygens (including phenoxy) is 1. The normalized spacial score (nSPS) is 11.5. The maximum absolute atomic E-state index is 13.7. The number of carboxylic acid groups (broad SMARTS) is 1. The van der Waals surface area contributed by atoms with Crippen LogP contribution >= 0.6 is 23.2 Å². The predicted molar refractivity (Wildman–Crippen MR) is 149 cm³/mol. The highest BCUT2D eigenvalue weighted by Crippen LogP contribution is 2.33. The van der Waals surface area contributed by atoms with Gasteiger partial charge in [0.2, 0.25) is 0 Å². The fraction of sp³-hybridized carbons (Fsp3) is 0.0690. The minimum atomic E-state index is -3.99. The molecule has 1 aromatic heterocycles. The fourth-order valence-corrected chi connectivity index (χ4v) is 6.13. The molecule has 1 heterocycles. The molecule has 0 atom stereocenters. The molecule has 0 fully saturated rings. The Balaban J connectivity index is 1.52. The van der Waals surface area contributed by atoms with Crippen molar-refractivity contribution in [2.45, 2.75) is 17.7 Å². The number of hydrogen-bond donors (Lipinski definition) is 1. The molecular weight excluding hydrogens is 545 g/mol. The summed E-state index contributed by atoms with van der Waals surface area (Å²) in [4.78, 5) is 11.3. The minimum Gasteiger partial charge on any atom is -0.481 e. The Morgan fingerprint density at radius 1 is 0.816 bits per heavy atom. The highest BCUT2D eigenvalue weighted by molar-refractivity contribution is 7.90. The molecule has 0 aliphatic heterocycles. The van der Waals surface area contributed by atoms with Crippen LogP contribution < -0.4 is 4.74 Å². The van der Waals surface area contributed by atoms with Gasteiger partial charge in [-0.25, -0.2) is 12.4 Å². The molecule has 0 unspecified atom stereocenters. The maximum Gasteiger partial charge on any atom is 0.303 e. The molecule has 0 saturated heterocycles. The molecule has 0 aliphatic rings. The van der Waals surface area contributed by atoms with Gasteiger partial charge in [-0.3, -0.25) is 4.79 Å². The lowest BCUT2D eigenvalue weighted by molar-refractivity contribution is -0.136. The third-order valence-electron chi connectivity index (χ3n) is 6.02. The maximum atomic E-state index is 13.7. The van der Waals surface area contributed by atoms with Crippen LogP contribution in [-0.4, -0.2) is 23.5 Å². The van der Waals surface area contributed by atoms with Crippen LogP contribution in [0.3, 0.4) is 0 Å². The summed E-state index contributed by atoms with van der Waals surface area (Å²) in [5, 5.41) is 10.8. The van der Waals surface area contributed by atoms with Gasteiger partial charge in [-0.05, 0) is 77.7 Å². The van der Waals surface area contributed by atoms with Crippen molar-refractivity contribution in [1.82, 2.24) is 3.97 Å². The first kappa shape index (κ1) is 25.9. The van der Waals surface area contributed by atoms with Gasteiger partial charge in [-0.1, -0.05) is 59.6 Å². The number of aliphatic carboxylic acids is 1. The predicted octanol–water partition coefficient (Wildman–Crippen LogP) is 7.66. The summed E-state index contributed by atoms with van der Waals surface area (Å²) in [5.74, 6) is -0.120. The summed E-state index contributed by atoms with van der Waals surface area (Å²) in [5.41, 5.74) is 3.00. The van der Waals surface area contributed by atoms with Gasteiger partial charge >= 0.3 is 5.97 Å². The van der Waals surface area contributed by atoms with E-state index in [1.165, 1.54) is 22.3 Å². The number of rotatable bonds is 8. The molecule has 9 heteroatoms. The van der Waals surface area contributed by atoms with Crippen molar-refractivity contribution < 1.29 is 23.1 Å². The summed E-state index contributed by atoms with van der Waals surface area (Å²) < 4.78 is 34.3. The number of carbonyl (C=O) groups is 1. The van der Waals surface area contributed by atoms with E-state index in [1.54, 1.807) is 36.4 Å². The van der Waals surface area contributed by atoms with E-state index in [4.69, 9.17) is 27.9 Å². The zero-order chi connectivity index (χ0) is 26.9. The second-order valence-corrected chi connectivity index (χ2v) is 11.3. The van der Waals surface area contributed by atoms with Crippen LogP contribution in [-0.2, 0) is 21.2 Å². The summed E-state index contributed by atoms with van der Waals surface area (Å²) in [6.07, 6.45) is 1.59. The van der Waals surface area contributed by atoms with Crippen molar-refractivity contribution in [3.8, 4) is 22.6 Å². The molecule has 0 bridgehead atoms. The molecule has 4 aromatic carbocycles. The third kappa shape index (κ3) is 5.41. The minimum absolute atomic E-state index is 0.0581. The summed E-state index contributed by atoms with van der Waals surface area (Å²) >= 11 is 12.0. The number of halogens is 2. The second-order valence-electron chi connectivity index (χ2n) is 8.63. The number of nitrogens with zero attached hydrogens (tertiary/aromatic N) is 1. The van der Waals surface area contributed by atoms with E-state index < -0.39 is 16.0 Å². The van der Waals surface area contributed by atoms with Crippen molar-refractivity contribution >= 4 is 50.1 Å². The van der Waals surface area contributed by atoms with Crippen molar-refractivity contribution in [2.75, 3.05) is 0 Å². The molecule has 0 radical (unpaired) electrons. The van der Waals surface area contributed by atoms with Crippen molar-refractivity contribution in [2.24, 2.45) is 0 Å². The number of aryl methyl sites for hydroxylation is 1. The smallest absolute Gasteiger partial charge is 0.303 e. The van der Waals surface area contributed by atoms with E-state index in [2.05, 4.69) is 0 Å². The van der Waals surface area contributed by atoms with Crippen LogP contribution in [0.2, 0.25) is 10.0 Å². The topological polar surface area (TPSA) is 85.6 Å². The summed E-state index contributed by atoms with van der Waals surface area (Å²) in [7, 11) is -3.99. The van der Waals surface area contributed by atoms with Crippen LogP contribution in [0.4, 0.5) is 0 Å². The Kier molecular flexibility index (Phi) is 7.17. The molecular formula is C29H21Cl2NO5S. The first-order valence-corrected chi connectivity index (χ1v) is 13.8. The SMILES string of the molecule is O=C(O)CCc1cn(S(=O)(=O)c2ccc(Oc3cc(Cl)cc(Cl)c3)cc2)c2ccc(-c3ccccc3)cc12. The Hall–Kier alpha value is -3.78. The van der Waals surface area contributed by atoms with Crippen LogP contribution in [0, 0.1) is 0 Å². The molecule has 0 amide bonds. The van der Waals surface area contributed by atoms with Crippen LogP contribution in [0.15, 0.2) is 102 Å². The van der Waals surface area contributed by atoms with Gasteiger partial charge in [0.15, 0.2) is 0 Å². The number of hydrogen-bond acceptors (Lipinski definition) is 4. The molecule has 38 heavy (non-hydrogen) atoms. The van der Waals surface area contributed by atoms with E-state index in [0.29, 0.717) is 38.0 Å². The van der Waals surface area contributed by atoms with E-state index >= 15 is 0 Å². The largest absolute Gasteiger partial charge is 0.481 e. The monoisotopic (exact) mass is 565 g/mol. The summed E-state index contributed by atoms with van der Waals surface area (Å²) in [6, 6.07) is 26.0. The van der Waals surface area contributed by atoms with Crippen LogP contribution in [0.1, 0.15) is 12.0 Å². The first-order chi connectivity index (χ1) is 18.2. The number of aromatic nitrogens is 1. The van der Waals surface area contributed by atoms with Gasteiger partial charge in [-0.15, -0.1) is 0 Å². The summed E-state index contributed by atoms with van der Waals surface area (Å²) in [6.45, 7) is 0. The lowest BCUT2D eigenvalue weighted by Gasteiger charge is -2.10. The third-order valence-corrected chi connectivity index (χ3v) is 8.14. The van der Waals surface area contributed by atoms with Crippen molar-refractivity contribution in [1.29, 1.82) is 0 Å². The Bertz CT molecular complexity index is 1730. The molecule has 0 aliphatic carbocycles. The van der Waals surface area contributed by atoms with Gasteiger partial charge in [0.1, 0.15) is 11.5 Å². The number of benzene rings is 4. The Labute approximate surface area is 229 Å². The van der Waals surface area contributed by atoms with Gasteiger partial charge in [0.25, 0.3) is 10.0 Å². The molecule has 5 aromatic rings.